The number of hydrogen-bond acceptors (Lipinski definition) is 3. The zero-order valence-corrected chi connectivity index (χ0v) is 11.7. The van der Waals surface area contributed by atoms with Crippen molar-refractivity contribution in [3.63, 3.8) is 0 Å². The van der Waals surface area contributed by atoms with E-state index in [9.17, 15) is 0 Å². The van der Waals surface area contributed by atoms with Crippen molar-refractivity contribution < 1.29 is 4.74 Å². The summed E-state index contributed by atoms with van der Waals surface area (Å²) in [6, 6.07) is 13.6. The van der Waals surface area contributed by atoms with Crippen molar-refractivity contribution in [3.8, 4) is 5.88 Å². The van der Waals surface area contributed by atoms with E-state index in [1.807, 2.05) is 43.3 Å². The fourth-order valence-electron chi connectivity index (χ4n) is 1.64. The van der Waals surface area contributed by atoms with Gasteiger partial charge in [0.15, 0.2) is 0 Å². The quantitative estimate of drug-likeness (QED) is 0.878. The molecular formula is C15H17ClN2O. The highest BCUT2D eigenvalue weighted by atomic mass is 35.5. The van der Waals surface area contributed by atoms with E-state index in [4.69, 9.17) is 16.3 Å². The van der Waals surface area contributed by atoms with Crippen LogP contribution in [0.1, 0.15) is 18.2 Å². The van der Waals surface area contributed by atoms with Gasteiger partial charge in [-0.1, -0.05) is 48.9 Å². The second-order valence-corrected chi connectivity index (χ2v) is 4.54. The van der Waals surface area contributed by atoms with Crippen molar-refractivity contribution in [2.24, 2.45) is 0 Å². The molecule has 2 aromatic rings. The highest BCUT2D eigenvalue weighted by molar-refractivity contribution is 6.31. The molecule has 0 unspecified atom stereocenters. The molecular weight excluding hydrogens is 260 g/mol. The normalized spacial score (nSPS) is 10.4. The number of aromatic nitrogens is 1. The van der Waals surface area contributed by atoms with Gasteiger partial charge in [0.2, 0.25) is 5.88 Å². The minimum atomic E-state index is 0.510. The van der Waals surface area contributed by atoms with E-state index in [1.165, 1.54) is 0 Å². The van der Waals surface area contributed by atoms with E-state index >= 15 is 0 Å². The minimum Gasteiger partial charge on any atom is -0.473 e. The topological polar surface area (TPSA) is 34.2 Å². The molecule has 100 valence electrons. The predicted octanol–water partition coefficient (Wildman–Crippen LogP) is 3.42. The van der Waals surface area contributed by atoms with Crippen LogP contribution in [0.5, 0.6) is 5.88 Å². The maximum atomic E-state index is 6.09. The molecule has 0 saturated carbocycles. The van der Waals surface area contributed by atoms with E-state index in [0.29, 0.717) is 24.1 Å². The van der Waals surface area contributed by atoms with Crippen molar-refractivity contribution in [2.45, 2.75) is 20.1 Å². The lowest BCUT2D eigenvalue weighted by molar-refractivity contribution is 0.293. The molecule has 2 rings (SSSR count). The summed E-state index contributed by atoms with van der Waals surface area (Å²) in [6.45, 7) is 4.09. The van der Waals surface area contributed by atoms with Crippen LogP contribution in [-0.2, 0) is 13.2 Å². The first-order chi connectivity index (χ1) is 9.29. The summed E-state index contributed by atoms with van der Waals surface area (Å²) in [6.07, 6.45) is 0. The van der Waals surface area contributed by atoms with E-state index in [1.54, 1.807) is 6.07 Å². The summed E-state index contributed by atoms with van der Waals surface area (Å²) < 4.78 is 5.67. The largest absolute Gasteiger partial charge is 0.473 e. The van der Waals surface area contributed by atoms with Crippen molar-refractivity contribution in [1.82, 2.24) is 10.3 Å². The van der Waals surface area contributed by atoms with Gasteiger partial charge in [0, 0.05) is 12.6 Å². The molecule has 19 heavy (non-hydrogen) atoms. The van der Waals surface area contributed by atoms with Crippen LogP contribution in [0.2, 0.25) is 5.02 Å². The Morgan fingerprint density at radius 2 is 1.95 bits per heavy atom. The number of pyridine rings is 1. The zero-order chi connectivity index (χ0) is 13.5. The summed E-state index contributed by atoms with van der Waals surface area (Å²) in [5.41, 5.74) is 1.93. The number of nitrogens with zero attached hydrogens (tertiary/aromatic N) is 1. The third-order valence-corrected chi connectivity index (χ3v) is 3.01. The maximum Gasteiger partial charge on any atom is 0.213 e. The van der Waals surface area contributed by atoms with Crippen molar-refractivity contribution in [3.05, 3.63) is 58.7 Å². The highest BCUT2D eigenvalue weighted by Crippen LogP contribution is 2.18. The monoisotopic (exact) mass is 276 g/mol. The molecule has 0 atom stereocenters. The van der Waals surface area contributed by atoms with Crippen LogP contribution < -0.4 is 10.1 Å². The highest BCUT2D eigenvalue weighted by Gasteiger charge is 2.04. The van der Waals surface area contributed by atoms with Crippen molar-refractivity contribution >= 4 is 11.6 Å². The van der Waals surface area contributed by atoms with E-state index < -0.39 is 0 Å². The summed E-state index contributed by atoms with van der Waals surface area (Å²) in [7, 11) is 0. The van der Waals surface area contributed by atoms with Crippen LogP contribution in [0.15, 0.2) is 42.5 Å². The van der Waals surface area contributed by atoms with Gasteiger partial charge in [-0.15, -0.1) is 0 Å². The Kier molecular flexibility index (Phi) is 5.19. The lowest BCUT2D eigenvalue weighted by atomic mass is 10.2. The number of rotatable bonds is 6. The first-order valence-corrected chi connectivity index (χ1v) is 6.70. The standard InChI is InChI=1S/C15H17ClN2O/c1-2-17-10-14-13(16)8-9-15(18-14)19-11-12-6-4-3-5-7-12/h3-9,17H,2,10-11H2,1H3. The number of halogens is 1. The summed E-state index contributed by atoms with van der Waals surface area (Å²) in [5, 5.41) is 3.86. The molecule has 0 aliphatic carbocycles. The molecule has 0 saturated heterocycles. The molecule has 1 aromatic carbocycles. The zero-order valence-electron chi connectivity index (χ0n) is 10.9. The number of ether oxygens (including phenoxy) is 1. The molecule has 1 aromatic heterocycles. The lowest BCUT2D eigenvalue weighted by Gasteiger charge is -2.09. The molecule has 0 spiro atoms. The average Bonchev–Trinajstić information content (AvgIpc) is 2.46. The SMILES string of the molecule is CCNCc1nc(OCc2ccccc2)ccc1Cl. The number of nitrogens with one attached hydrogen (secondary N) is 1. The van der Waals surface area contributed by atoms with Crippen LogP contribution in [0.3, 0.4) is 0 Å². The van der Waals surface area contributed by atoms with Crippen LogP contribution in [0.4, 0.5) is 0 Å². The van der Waals surface area contributed by atoms with Gasteiger partial charge in [-0.2, -0.15) is 0 Å². The van der Waals surface area contributed by atoms with Crippen molar-refractivity contribution in [1.29, 1.82) is 0 Å². The number of hydrogen-bond donors (Lipinski definition) is 1. The molecule has 0 aliphatic rings. The van der Waals surface area contributed by atoms with Gasteiger partial charge in [-0.3, -0.25) is 0 Å². The molecule has 1 heterocycles. The van der Waals surface area contributed by atoms with E-state index in [2.05, 4.69) is 10.3 Å². The van der Waals surface area contributed by atoms with E-state index in [0.717, 1.165) is 17.8 Å². The van der Waals surface area contributed by atoms with Crippen LogP contribution in [0.25, 0.3) is 0 Å². The van der Waals surface area contributed by atoms with Gasteiger partial charge in [0.1, 0.15) is 6.61 Å². The van der Waals surface area contributed by atoms with Gasteiger partial charge in [-0.05, 0) is 18.2 Å². The molecule has 0 aliphatic heterocycles. The molecule has 0 bridgehead atoms. The summed E-state index contributed by atoms with van der Waals surface area (Å²) in [4.78, 5) is 4.41. The van der Waals surface area contributed by atoms with Gasteiger partial charge in [0.05, 0.1) is 10.7 Å². The fourth-order valence-corrected chi connectivity index (χ4v) is 1.82. The van der Waals surface area contributed by atoms with Gasteiger partial charge >= 0.3 is 0 Å². The lowest BCUT2D eigenvalue weighted by Crippen LogP contribution is -2.13. The minimum absolute atomic E-state index is 0.510. The third-order valence-electron chi connectivity index (χ3n) is 2.67. The fraction of sp³-hybridized carbons (Fsp3) is 0.267. The molecule has 0 radical (unpaired) electrons. The Morgan fingerprint density at radius 3 is 2.68 bits per heavy atom. The Balaban J connectivity index is 2.00. The Hall–Kier alpha value is -1.58. The van der Waals surface area contributed by atoms with E-state index in [-0.39, 0.29) is 0 Å². The van der Waals surface area contributed by atoms with Crippen molar-refractivity contribution in [2.75, 3.05) is 6.54 Å². The third kappa shape index (κ3) is 4.23. The van der Waals surface area contributed by atoms with Gasteiger partial charge < -0.3 is 10.1 Å². The molecule has 0 amide bonds. The summed E-state index contributed by atoms with van der Waals surface area (Å²) >= 11 is 6.09. The molecule has 1 N–H and O–H groups in total. The second kappa shape index (κ2) is 7.12. The van der Waals surface area contributed by atoms with Crippen LogP contribution in [0, 0.1) is 0 Å². The Bertz CT molecular complexity index is 517. The smallest absolute Gasteiger partial charge is 0.213 e. The second-order valence-electron chi connectivity index (χ2n) is 4.13. The molecule has 4 heteroatoms. The maximum absolute atomic E-state index is 6.09. The van der Waals surface area contributed by atoms with Crippen LogP contribution in [-0.4, -0.2) is 11.5 Å². The first-order valence-electron chi connectivity index (χ1n) is 6.32. The Morgan fingerprint density at radius 1 is 1.16 bits per heavy atom. The summed E-state index contributed by atoms with van der Waals surface area (Å²) in [5.74, 6) is 0.598. The predicted molar refractivity (Wildman–Crippen MR) is 77.4 cm³/mol. The average molecular weight is 277 g/mol. The Labute approximate surface area is 118 Å². The van der Waals surface area contributed by atoms with Gasteiger partial charge in [-0.25, -0.2) is 4.98 Å². The van der Waals surface area contributed by atoms with Gasteiger partial charge in [0.25, 0.3) is 0 Å². The number of benzene rings is 1. The first kappa shape index (κ1) is 13.8. The molecule has 0 fully saturated rings. The molecule has 3 nitrogen and oxygen atoms in total. The van der Waals surface area contributed by atoms with Crippen LogP contribution >= 0.6 is 11.6 Å².